The number of hydrogen-bond acceptors (Lipinski definition) is 4. The molecule has 4 rings (SSSR count). The summed E-state index contributed by atoms with van der Waals surface area (Å²) in [7, 11) is 0. The maximum absolute atomic E-state index is 13.0. The Morgan fingerprint density at radius 2 is 1.69 bits per heavy atom. The second kappa shape index (κ2) is 8.90. The molecule has 2 amide bonds. The first kappa shape index (κ1) is 19.2. The number of amides is 2. The Morgan fingerprint density at radius 3 is 2.38 bits per heavy atom. The van der Waals surface area contributed by atoms with E-state index in [1.807, 2.05) is 65.6 Å². The monoisotopic (exact) mass is 391 g/mol. The van der Waals surface area contributed by atoms with E-state index in [0.29, 0.717) is 12.8 Å². The Labute approximate surface area is 170 Å². The lowest BCUT2D eigenvalue weighted by atomic mass is 10.0. The van der Waals surface area contributed by atoms with Gasteiger partial charge in [0.05, 0.1) is 5.71 Å². The van der Waals surface area contributed by atoms with Crippen molar-refractivity contribution in [1.82, 2.24) is 10.2 Å². The fourth-order valence-corrected chi connectivity index (χ4v) is 3.79. The number of likely N-dealkylation sites (tertiary alicyclic amines) is 1. The first-order valence-corrected chi connectivity index (χ1v) is 10.1. The highest BCUT2D eigenvalue weighted by Crippen LogP contribution is 2.18. The van der Waals surface area contributed by atoms with Crippen LogP contribution < -0.4 is 5.32 Å². The van der Waals surface area contributed by atoms with Crippen LogP contribution in [0.2, 0.25) is 0 Å². The summed E-state index contributed by atoms with van der Waals surface area (Å²) >= 11 is 0. The molecule has 2 aromatic rings. The second-order valence-corrected chi connectivity index (χ2v) is 7.49. The molecule has 2 atom stereocenters. The molecule has 2 aliphatic rings. The number of benzene rings is 2. The predicted molar refractivity (Wildman–Crippen MR) is 110 cm³/mol. The Balaban J connectivity index is 1.43. The van der Waals surface area contributed by atoms with E-state index >= 15 is 0 Å². The van der Waals surface area contributed by atoms with Gasteiger partial charge in [-0.25, -0.2) is 0 Å². The van der Waals surface area contributed by atoms with Gasteiger partial charge in [-0.1, -0.05) is 65.8 Å². The minimum atomic E-state index is -0.713. The van der Waals surface area contributed by atoms with Gasteiger partial charge in [-0.15, -0.1) is 0 Å². The zero-order chi connectivity index (χ0) is 20.1. The molecule has 0 radical (unpaired) electrons. The van der Waals surface area contributed by atoms with E-state index in [4.69, 9.17) is 4.84 Å². The van der Waals surface area contributed by atoms with E-state index in [9.17, 15) is 9.59 Å². The molecule has 2 aliphatic heterocycles. The van der Waals surface area contributed by atoms with Crippen LogP contribution >= 0.6 is 0 Å². The van der Waals surface area contributed by atoms with Crippen LogP contribution in [-0.4, -0.2) is 47.7 Å². The van der Waals surface area contributed by atoms with Crippen LogP contribution in [0.1, 0.15) is 30.4 Å². The average molecular weight is 391 g/mol. The summed E-state index contributed by atoms with van der Waals surface area (Å²) < 4.78 is 0. The zero-order valence-electron chi connectivity index (χ0n) is 16.3. The van der Waals surface area contributed by atoms with Crippen LogP contribution in [0.25, 0.3) is 0 Å². The lowest BCUT2D eigenvalue weighted by Gasteiger charge is -2.25. The van der Waals surface area contributed by atoms with Crippen LogP contribution in [0.3, 0.4) is 0 Å². The molecule has 0 saturated carbocycles. The summed E-state index contributed by atoms with van der Waals surface area (Å²) in [6.07, 6.45) is 2.16. The van der Waals surface area contributed by atoms with Crippen molar-refractivity contribution in [2.75, 3.05) is 13.1 Å². The summed E-state index contributed by atoms with van der Waals surface area (Å²) in [4.78, 5) is 33.1. The molecule has 6 nitrogen and oxygen atoms in total. The molecule has 0 aliphatic carbocycles. The van der Waals surface area contributed by atoms with Crippen LogP contribution in [0.4, 0.5) is 0 Å². The van der Waals surface area contributed by atoms with Gasteiger partial charge in [-0.2, -0.15) is 0 Å². The summed E-state index contributed by atoms with van der Waals surface area (Å²) in [5, 5.41) is 7.01. The highest BCUT2D eigenvalue weighted by molar-refractivity contribution is 6.04. The smallest absolute Gasteiger partial charge is 0.265 e. The third-order valence-corrected chi connectivity index (χ3v) is 5.38. The third-order valence-electron chi connectivity index (χ3n) is 5.38. The molecule has 0 spiro atoms. The van der Waals surface area contributed by atoms with Gasteiger partial charge in [0.15, 0.2) is 0 Å². The van der Waals surface area contributed by atoms with E-state index in [1.54, 1.807) is 0 Å². The number of carbonyl (C=O) groups is 2. The van der Waals surface area contributed by atoms with E-state index < -0.39 is 12.1 Å². The van der Waals surface area contributed by atoms with Crippen molar-refractivity contribution in [3.8, 4) is 0 Å². The van der Waals surface area contributed by atoms with Crippen LogP contribution in [0.15, 0.2) is 65.8 Å². The van der Waals surface area contributed by atoms with Crippen molar-refractivity contribution in [2.45, 2.75) is 37.8 Å². The highest BCUT2D eigenvalue weighted by Gasteiger charge is 2.33. The molecule has 150 valence electrons. The SMILES string of the molecule is O=C(N[C@@H](Cc1ccccc1)C(=O)N1CCCC1)[C@H]1CC(c2ccccc2)=NO1. The molecular formula is C23H25N3O3. The van der Waals surface area contributed by atoms with Crippen molar-refractivity contribution < 1.29 is 14.4 Å². The van der Waals surface area contributed by atoms with Gasteiger partial charge >= 0.3 is 0 Å². The predicted octanol–water partition coefficient (Wildman–Crippen LogP) is 2.53. The summed E-state index contributed by atoms with van der Waals surface area (Å²) in [6.45, 7) is 1.50. The van der Waals surface area contributed by atoms with Gasteiger partial charge in [0.1, 0.15) is 6.04 Å². The number of rotatable bonds is 6. The van der Waals surface area contributed by atoms with E-state index in [1.165, 1.54) is 0 Å². The van der Waals surface area contributed by atoms with Gasteiger partial charge < -0.3 is 15.1 Å². The largest absolute Gasteiger partial charge is 0.382 e. The van der Waals surface area contributed by atoms with Gasteiger partial charge in [0.2, 0.25) is 12.0 Å². The van der Waals surface area contributed by atoms with E-state index in [-0.39, 0.29) is 11.8 Å². The molecule has 6 heteroatoms. The minimum Gasteiger partial charge on any atom is -0.382 e. The van der Waals surface area contributed by atoms with Gasteiger partial charge in [0, 0.05) is 25.9 Å². The third kappa shape index (κ3) is 4.65. The summed E-state index contributed by atoms with van der Waals surface area (Å²) in [6, 6.07) is 18.8. The molecule has 29 heavy (non-hydrogen) atoms. The molecule has 2 heterocycles. The fourth-order valence-electron chi connectivity index (χ4n) is 3.79. The van der Waals surface area contributed by atoms with Crippen LogP contribution in [-0.2, 0) is 20.8 Å². The van der Waals surface area contributed by atoms with Gasteiger partial charge in [-0.05, 0) is 24.0 Å². The first-order chi connectivity index (χ1) is 14.2. The molecule has 1 fully saturated rings. The van der Waals surface area contributed by atoms with Crippen molar-refractivity contribution in [3.05, 3.63) is 71.8 Å². The molecule has 1 saturated heterocycles. The average Bonchev–Trinajstić information content (AvgIpc) is 3.46. The molecule has 0 aromatic heterocycles. The summed E-state index contributed by atoms with van der Waals surface area (Å²) in [5.41, 5.74) is 2.70. The zero-order valence-corrected chi connectivity index (χ0v) is 16.3. The number of carbonyl (C=O) groups excluding carboxylic acids is 2. The number of hydrogen-bond donors (Lipinski definition) is 1. The molecule has 0 bridgehead atoms. The fraction of sp³-hybridized carbons (Fsp3) is 0.348. The van der Waals surface area contributed by atoms with Crippen LogP contribution in [0, 0.1) is 0 Å². The number of oxime groups is 1. The number of nitrogens with one attached hydrogen (secondary N) is 1. The molecule has 1 N–H and O–H groups in total. The van der Waals surface area contributed by atoms with Crippen molar-refractivity contribution >= 4 is 17.5 Å². The van der Waals surface area contributed by atoms with Gasteiger partial charge in [-0.3, -0.25) is 9.59 Å². The maximum Gasteiger partial charge on any atom is 0.265 e. The van der Waals surface area contributed by atoms with Crippen molar-refractivity contribution in [3.63, 3.8) is 0 Å². The summed E-state index contributed by atoms with van der Waals surface area (Å²) in [5.74, 6) is -0.324. The Morgan fingerprint density at radius 1 is 1.03 bits per heavy atom. The normalized spacial score (nSPS) is 19.4. The minimum absolute atomic E-state index is 0.0260. The van der Waals surface area contributed by atoms with Crippen LogP contribution in [0.5, 0.6) is 0 Å². The maximum atomic E-state index is 13.0. The molecule has 0 unspecified atom stereocenters. The lowest BCUT2D eigenvalue weighted by Crippen LogP contribution is -2.51. The standard InChI is InChI=1S/C23H25N3O3/c27-22(21-16-19(25-29-21)18-11-5-2-6-12-18)24-20(15-17-9-3-1-4-10-17)23(28)26-13-7-8-14-26/h1-6,9-12,20-21H,7-8,13-16H2,(H,24,27)/t20-,21+/m0/s1. The highest BCUT2D eigenvalue weighted by atomic mass is 16.6. The Bertz CT molecular complexity index is 877. The van der Waals surface area contributed by atoms with Crippen molar-refractivity contribution in [2.24, 2.45) is 5.16 Å². The Hall–Kier alpha value is -3.15. The van der Waals surface area contributed by atoms with E-state index in [0.717, 1.165) is 42.8 Å². The quantitative estimate of drug-likeness (QED) is 0.823. The van der Waals surface area contributed by atoms with Gasteiger partial charge in [0.25, 0.3) is 5.91 Å². The number of nitrogens with zero attached hydrogens (tertiary/aromatic N) is 2. The molecular weight excluding hydrogens is 366 g/mol. The molecule has 2 aromatic carbocycles. The topological polar surface area (TPSA) is 71.0 Å². The first-order valence-electron chi connectivity index (χ1n) is 10.1. The van der Waals surface area contributed by atoms with E-state index in [2.05, 4.69) is 10.5 Å². The Kier molecular flexibility index (Phi) is 5.89. The second-order valence-electron chi connectivity index (χ2n) is 7.49. The lowest BCUT2D eigenvalue weighted by molar-refractivity contribution is -0.139. The van der Waals surface area contributed by atoms with Crippen molar-refractivity contribution in [1.29, 1.82) is 0 Å².